The molecule has 0 spiro atoms. The minimum absolute atomic E-state index is 0.0162. The van der Waals surface area contributed by atoms with E-state index in [1.165, 1.54) is 13.2 Å². The van der Waals surface area contributed by atoms with Crippen LogP contribution in [0.5, 0.6) is 11.5 Å². The quantitative estimate of drug-likeness (QED) is 0.898. The molecule has 0 atom stereocenters. The molecule has 0 bridgehead atoms. The maximum absolute atomic E-state index is 13.6. The van der Waals surface area contributed by atoms with Gasteiger partial charge < -0.3 is 15.2 Å². The number of methoxy groups -OCH3 is 1. The number of anilines is 1. The molecule has 6 heteroatoms. The molecule has 3 nitrogen and oxygen atoms in total. The van der Waals surface area contributed by atoms with Crippen molar-refractivity contribution in [1.29, 1.82) is 0 Å². The van der Waals surface area contributed by atoms with Crippen LogP contribution in [0.4, 0.5) is 14.5 Å². The Bertz CT molecular complexity index is 612. The monoisotopic (exact) mass is 299 g/mol. The van der Waals surface area contributed by atoms with Crippen LogP contribution in [0.1, 0.15) is 5.56 Å². The third kappa shape index (κ3) is 3.11. The zero-order valence-electron chi connectivity index (χ0n) is 10.6. The van der Waals surface area contributed by atoms with Gasteiger partial charge in [-0.1, -0.05) is 17.7 Å². The normalized spacial score (nSPS) is 10.4. The Morgan fingerprint density at radius 2 is 2.00 bits per heavy atom. The van der Waals surface area contributed by atoms with Crippen LogP contribution in [0.3, 0.4) is 0 Å². The maximum atomic E-state index is 13.6. The van der Waals surface area contributed by atoms with Crippen LogP contribution in [0.25, 0.3) is 0 Å². The van der Waals surface area contributed by atoms with E-state index in [1.807, 2.05) is 0 Å². The number of benzene rings is 2. The Kier molecular flexibility index (Phi) is 4.29. The Hall–Kier alpha value is -2.01. The number of hydrogen-bond acceptors (Lipinski definition) is 3. The predicted molar refractivity (Wildman–Crippen MR) is 73.4 cm³/mol. The third-order valence-corrected chi connectivity index (χ3v) is 3.02. The maximum Gasteiger partial charge on any atom is 0.160 e. The summed E-state index contributed by atoms with van der Waals surface area (Å²) >= 11 is 5.77. The zero-order chi connectivity index (χ0) is 14.7. The Morgan fingerprint density at radius 3 is 2.60 bits per heavy atom. The largest absolute Gasteiger partial charge is 0.504 e. The molecule has 0 aliphatic heterocycles. The highest BCUT2D eigenvalue weighted by Crippen LogP contribution is 2.29. The van der Waals surface area contributed by atoms with Gasteiger partial charge in [-0.05, 0) is 23.8 Å². The molecule has 2 aromatic rings. The summed E-state index contributed by atoms with van der Waals surface area (Å²) in [6.07, 6.45) is 0. The van der Waals surface area contributed by atoms with Crippen molar-refractivity contribution < 1.29 is 18.6 Å². The van der Waals surface area contributed by atoms with Gasteiger partial charge in [-0.3, -0.25) is 0 Å². The van der Waals surface area contributed by atoms with Gasteiger partial charge in [0.2, 0.25) is 0 Å². The lowest BCUT2D eigenvalue weighted by Crippen LogP contribution is -2.03. The van der Waals surface area contributed by atoms with Crippen molar-refractivity contribution in [2.75, 3.05) is 12.4 Å². The van der Waals surface area contributed by atoms with E-state index in [2.05, 4.69) is 5.32 Å². The number of rotatable bonds is 4. The molecule has 0 aromatic heterocycles. The fraction of sp³-hybridized carbons (Fsp3) is 0.143. The topological polar surface area (TPSA) is 41.5 Å². The van der Waals surface area contributed by atoms with Crippen molar-refractivity contribution in [2.45, 2.75) is 6.54 Å². The number of ether oxygens (including phenoxy) is 1. The van der Waals surface area contributed by atoms with Crippen molar-refractivity contribution >= 4 is 17.3 Å². The lowest BCUT2D eigenvalue weighted by atomic mass is 10.2. The molecule has 2 rings (SSSR count). The Labute approximate surface area is 119 Å². The van der Waals surface area contributed by atoms with E-state index in [-0.39, 0.29) is 23.0 Å². The standard InChI is InChI=1S/C14H12ClF2NO2/c1-20-13-3-2-8(4-12(13)19)7-18-14-10(15)5-9(16)6-11(14)17/h2-6,18-19H,7H2,1H3. The van der Waals surface area contributed by atoms with Crippen LogP contribution >= 0.6 is 11.6 Å². The summed E-state index contributed by atoms with van der Waals surface area (Å²) in [5.41, 5.74) is 0.714. The first-order chi connectivity index (χ1) is 9.51. The van der Waals surface area contributed by atoms with Crippen molar-refractivity contribution in [3.8, 4) is 11.5 Å². The van der Waals surface area contributed by atoms with Crippen LogP contribution in [-0.2, 0) is 6.54 Å². The summed E-state index contributed by atoms with van der Waals surface area (Å²) < 4.78 is 31.4. The van der Waals surface area contributed by atoms with Gasteiger partial charge in [0.05, 0.1) is 17.8 Å². The second-order valence-corrected chi connectivity index (χ2v) is 4.51. The fourth-order valence-corrected chi connectivity index (χ4v) is 2.01. The molecule has 0 aliphatic rings. The molecule has 0 heterocycles. The lowest BCUT2D eigenvalue weighted by molar-refractivity contribution is 0.373. The average Bonchev–Trinajstić information content (AvgIpc) is 2.37. The minimum Gasteiger partial charge on any atom is -0.504 e. The van der Waals surface area contributed by atoms with Gasteiger partial charge in [0.1, 0.15) is 5.82 Å². The van der Waals surface area contributed by atoms with E-state index in [9.17, 15) is 13.9 Å². The SMILES string of the molecule is COc1ccc(CNc2c(F)cc(F)cc2Cl)cc1O. The fourth-order valence-electron chi connectivity index (χ4n) is 1.75. The van der Waals surface area contributed by atoms with Crippen LogP contribution in [-0.4, -0.2) is 12.2 Å². The first kappa shape index (κ1) is 14.4. The van der Waals surface area contributed by atoms with E-state index in [1.54, 1.807) is 12.1 Å². The third-order valence-electron chi connectivity index (χ3n) is 2.72. The summed E-state index contributed by atoms with van der Waals surface area (Å²) in [6, 6.07) is 6.56. The van der Waals surface area contributed by atoms with Crippen molar-refractivity contribution in [1.82, 2.24) is 0 Å². The molecule has 0 unspecified atom stereocenters. The van der Waals surface area contributed by atoms with Crippen molar-refractivity contribution in [3.05, 3.63) is 52.6 Å². The van der Waals surface area contributed by atoms with Gasteiger partial charge in [-0.25, -0.2) is 8.78 Å². The molecule has 2 N–H and O–H groups in total. The van der Waals surface area contributed by atoms with Gasteiger partial charge in [0.25, 0.3) is 0 Å². The van der Waals surface area contributed by atoms with Gasteiger partial charge >= 0.3 is 0 Å². The summed E-state index contributed by atoms with van der Waals surface area (Å²) in [5.74, 6) is -1.18. The number of phenolic OH excluding ortho intramolecular Hbond substituents is 1. The predicted octanol–water partition coefficient (Wildman–Crippen LogP) is 3.94. The molecule has 0 amide bonds. The van der Waals surface area contributed by atoms with Crippen LogP contribution in [0.15, 0.2) is 30.3 Å². The lowest BCUT2D eigenvalue weighted by Gasteiger charge is -2.11. The zero-order valence-corrected chi connectivity index (χ0v) is 11.3. The molecule has 20 heavy (non-hydrogen) atoms. The number of nitrogens with one attached hydrogen (secondary N) is 1. The van der Waals surface area contributed by atoms with E-state index in [0.29, 0.717) is 11.3 Å². The molecular weight excluding hydrogens is 288 g/mol. The minimum atomic E-state index is -0.771. The summed E-state index contributed by atoms with van der Waals surface area (Å²) in [6.45, 7) is 0.222. The van der Waals surface area contributed by atoms with Crippen LogP contribution in [0.2, 0.25) is 5.02 Å². The second-order valence-electron chi connectivity index (χ2n) is 4.10. The van der Waals surface area contributed by atoms with Gasteiger partial charge in [-0.2, -0.15) is 0 Å². The summed E-state index contributed by atoms with van der Waals surface area (Å²) in [5, 5.41) is 12.4. The summed E-state index contributed by atoms with van der Waals surface area (Å²) in [4.78, 5) is 0. The second kappa shape index (κ2) is 5.96. The molecule has 0 saturated carbocycles. The highest BCUT2D eigenvalue weighted by Gasteiger charge is 2.10. The van der Waals surface area contributed by atoms with Crippen molar-refractivity contribution in [3.63, 3.8) is 0 Å². The number of halogens is 3. The molecule has 106 valence electrons. The first-order valence-corrected chi connectivity index (χ1v) is 6.13. The number of hydrogen-bond donors (Lipinski definition) is 2. The molecule has 0 saturated heterocycles. The smallest absolute Gasteiger partial charge is 0.160 e. The first-order valence-electron chi connectivity index (χ1n) is 5.75. The molecule has 0 aliphatic carbocycles. The van der Waals surface area contributed by atoms with Crippen LogP contribution in [0, 0.1) is 11.6 Å². The van der Waals surface area contributed by atoms with Crippen molar-refractivity contribution in [2.24, 2.45) is 0 Å². The van der Waals surface area contributed by atoms with Crippen LogP contribution < -0.4 is 10.1 Å². The van der Waals surface area contributed by atoms with E-state index >= 15 is 0 Å². The van der Waals surface area contributed by atoms with Gasteiger partial charge in [0, 0.05) is 12.6 Å². The highest BCUT2D eigenvalue weighted by atomic mass is 35.5. The van der Waals surface area contributed by atoms with E-state index in [4.69, 9.17) is 16.3 Å². The summed E-state index contributed by atoms with van der Waals surface area (Å²) in [7, 11) is 1.45. The molecule has 0 fully saturated rings. The Balaban J connectivity index is 2.15. The average molecular weight is 300 g/mol. The number of aromatic hydroxyl groups is 1. The molecular formula is C14H12ClF2NO2. The highest BCUT2D eigenvalue weighted by molar-refractivity contribution is 6.33. The molecule has 0 radical (unpaired) electrons. The van der Waals surface area contributed by atoms with E-state index in [0.717, 1.165) is 12.1 Å². The number of phenols is 1. The molecule has 2 aromatic carbocycles. The van der Waals surface area contributed by atoms with Gasteiger partial charge in [0.15, 0.2) is 17.3 Å². The van der Waals surface area contributed by atoms with E-state index < -0.39 is 11.6 Å². The Morgan fingerprint density at radius 1 is 1.25 bits per heavy atom. The van der Waals surface area contributed by atoms with Gasteiger partial charge in [-0.15, -0.1) is 0 Å².